The molecule has 1 N–H and O–H groups in total. The van der Waals surface area contributed by atoms with Crippen LogP contribution in [0.4, 0.5) is 14.5 Å². The lowest BCUT2D eigenvalue weighted by Gasteiger charge is -2.13. The van der Waals surface area contributed by atoms with Gasteiger partial charge in [0.25, 0.3) is 0 Å². The van der Waals surface area contributed by atoms with Crippen LogP contribution in [0.3, 0.4) is 0 Å². The molecule has 0 saturated carbocycles. The van der Waals surface area contributed by atoms with Gasteiger partial charge >= 0.3 is 5.97 Å². The molecule has 24 heavy (non-hydrogen) atoms. The fourth-order valence-electron chi connectivity index (χ4n) is 2.29. The summed E-state index contributed by atoms with van der Waals surface area (Å²) < 4.78 is 31.8. The van der Waals surface area contributed by atoms with E-state index in [0.29, 0.717) is 6.07 Å². The Morgan fingerprint density at radius 1 is 1.12 bits per heavy atom. The highest BCUT2D eigenvalue weighted by Crippen LogP contribution is 2.23. The van der Waals surface area contributed by atoms with Crippen molar-refractivity contribution >= 4 is 17.6 Å². The molecule has 0 radical (unpaired) electrons. The van der Waals surface area contributed by atoms with Crippen LogP contribution in [0.1, 0.15) is 35.2 Å². The summed E-state index contributed by atoms with van der Waals surface area (Å²) in [6.07, 6.45) is 0.119. The summed E-state index contributed by atoms with van der Waals surface area (Å²) in [7, 11) is 1.09. The van der Waals surface area contributed by atoms with Gasteiger partial charge in [0.1, 0.15) is 11.6 Å². The van der Waals surface area contributed by atoms with Gasteiger partial charge in [-0.05, 0) is 17.5 Å². The molecular weight excluding hydrogens is 316 g/mol. The predicted molar refractivity (Wildman–Crippen MR) is 85.8 cm³/mol. The van der Waals surface area contributed by atoms with E-state index < -0.39 is 29.1 Å². The number of rotatable bonds is 5. The molecule has 0 spiro atoms. The number of anilines is 1. The summed E-state index contributed by atoms with van der Waals surface area (Å²) in [4.78, 5) is 23.5. The molecule has 126 valence electrons. The number of hydrogen-bond acceptors (Lipinski definition) is 3. The van der Waals surface area contributed by atoms with Crippen molar-refractivity contribution in [3.63, 3.8) is 0 Å². The van der Waals surface area contributed by atoms with Gasteiger partial charge in [-0.3, -0.25) is 4.79 Å². The predicted octanol–water partition coefficient (Wildman–Crippen LogP) is 3.88. The number of nitrogens with one attached hydrogen (secondary N) is 1. The Hall–Kier alpha value is -2.76. The quantitative estimate of drug-likeness (QED) is 0.845. The van der Waals surface area contributed by atoms with Crippen LogP contribution in [0, 0.1) is 11.6 Å². The minimum Gasteiger partial charge on any atom is -0.465 e. The van der Waals surface area contributed by atoms with Gasteiger partial charge in [-0.15, -0.1) is 0 Å². The van der Waals surface area contributed by atoms with E-state index in [1.807, 2.05) is 37.3 Å². The average Bonchev–Trinajstić information content (AvgIpc) is 2.57. The first-order chi connectivity index (χ1) is 11.4. The van der Waals surface area contributed by atoms with Gasteiger partial charge in [0.2, 0.25) is 5.91 Å². The monoisotopic (exact) mass is 333 g/mol. The Morgan fingerprint density at radius 3 is 2.42 bits per heavy atom. The summed E-state index contributed by atoms with van der Waals surface area (Å²) in [5.74, 6) is -3.46. The van der Waals surface area contributed by atoms with Crippen LogP contribution >= 0.6 is 0 Å². The highest BCUT2D eigenvalue weighted by Gasteiger charge is 2.18. The molecule has 0 aliphatic carbocycles. The van der Waals surface area contributed by atoms with E-state index in [0.717, 1.165) is 18.7 Å². The van der Waals surface area contributed by atoms with E-state index in [2.05, 4.69) is 10.1 Å². The maximum absolute atomic E-state index is 13.8. The molecule has 0 aromatic heterocycles. The number of carbonyl (C=O) groups is 2. The van der Waals surface area contributed by atoms with Crippen LogP contribution in [0.2, 0.25) is 0 Å². The topological polar surface area (TPSA) is 55.4 Å². The Morgan fingerprint density at radius 2 is 1.79 bits per heavy atom. The number of esters is 1. The maximum atomic E-state index is 13.8. The summed E-state index contributed by atoms with van der Waals surface area (Å²) >= 11 is 0. The largest absolute Gasteiger partial charge is 0.465 e. The highest BCUT2D eigenvalue weighted by atomic mass is 19.1. The Balaban J connectivity index is 2.12. The van der Waals surface area contributed by atoms with Gasteiger partial charge < -0.3 is 10.1 Å². The molecule has 1 amide bonds. The summed E-state index contributed by atoms with van der Waals surface area (Å²) in [5.41, 5.74) is 0.273. The van der Waals surface area contributed by atoms with Crippen LogP contribution in [0.15, 0.2) is 42.5 Å². The minimum atomic E-state index is -1.05. The molecular formula is C18H17F2NO3. The lowest BCUT2D eigenvalue weighted by molar-refractivity contribution is -0.116. The second-order valence-electron chi connectivity index (χ2n) is 5.37. The maximum Gasteiger partial charge on any atom is 0.340 e. The molecule has 1 atom stereocenters. The zero-order chi connectivity index (χ0) is 17.7. The van der Waals surface area contributed by atoms with Crippen molar-refractivity contribution in [2.45, 2.75) is 19.3 Å². The fraction of sp³-hybridized carbons (Fsp3) is 0.222. The molecule has 0 aliphatic rings. The van der Waals surface area contributed by atoms with E-state index in [1.54, 1.807) is 0 Å². The van der Waals surface area contributed by atoms with E-state index >= 15 is 0 Å². The molecule has 2 rings (SSSR count). The lowest BCUT2D eigenvalue weighted by atomic mass is 9.97. The third-order valence-electron chi connectivity index (χ3n) is 3.60. The molecule has 2 aromatic rings. The van der Waals surface area contributed by atoms with Crippen molar-refractivity contribution in [1.29, 1.82) is 0 Å². The van der Waals surface area contributed by atoms with Gasteiger partial charge in [0, 0.05) is 12.5 Å². The third-order valence-corrected chi connectivity index (χ3v) is 3.60. The first-order valence-electron chi connectivity index (χ1n) is 7.34. The van der Waals surface area contributed by atoms with Crippen molar-refractivity contribution in [3.05, 3.63) is 65.2 Å². The Kier molecular flexibility index (Phi) is 5.63. The second kappa shape index (κ2) is 7.68. The normalized spacial score (nSPS) is 11.7. The zero-order valence-corrected chi connectivity index (χ0v) is 13.3. The van der Waals surface area contributed by atoms with E-state index in [4.69, 9.17) is 0 Å². The Labute approximate surface area is 138 Å². The van der Waals surface area contributed by atoms with E-state index in [9.17, 15) is 18.4 Å². The minimum absolute atomic E-state index is 0.0743. The number of carbonyl (C=O) groups excluding carboxylic acids is 2. The molecule has 4 nitrogen and oxygen atoms in total. The van der Waals surface area contributed by atoms with E-state index in [-0.39, 0.29) is 18.0 Å². The molecule has 0 fully saturated rings. The number of halogens is 2. The van der Waals surface area contributed by atoms with Gasteiger partial charge in [-0.1, -0.05) is 37.3 Å². The van der Waals surface area contributed by atoms with Crippen LogP contribution in [0.5, 0.6) is 0 Å². The molecule has 2 aromatic carbocycles. The van der Waals surface area contributed by atoms with Crippen LogP contribution in [-0.4, -0.2) is 19.0 Å². The number of hydrogen-bond donors (Lipinski definition) is 1. The SMILES string of the molecule is COC(=O)c1cc(NC(=O)C[C@@H](C)c2ccccc2)c(F)cc1F. The van der Waals surface area contributed by atoms with Crippen LogP contribution in [-0.2, 0) is 9.53 Å². The van der Waals surface area contributed by atoms with Crippen molar-refractivity contribution in [3.8, 4) is 0 Å². The lowest BCUT2D eigenvalue weighted by Crippen LogP contribution is -2.16. The van der Waals surface area contributed by atoms with Crippen LogP contribution in [0.25, 0.3) is 0 Å². The smallest absolute Gasteiger partial charge is 0.340 e. The number of ether oxygens (including phenoxy) is 1. The fourth-order valence-corrected chi connectivity index (χ4v) is 2.29. The molecule has 0 saturated heterocycles. The molecule has 0 bridgehead atoms. The van der Waals surface area contributed by atoms with Gasteiger partial charge in [-0.25, -0.2) is 13.6 Å². The molecule has 0 unspecified atom stereocenters. The number of methoxy groups -OCH3 is 1. The van der Waals surface area contributed by atoms with Crippen molar-refractivity contribution in [2.75, 3.05) is 12.4 Å². The number of benzene rings is 2. The first kappa shape index (κ1) is 17.6. The van der Waals surface area contributed by atoms with Crippen molar-refractivity contribution in [1.82, 2.24) is 0 Å². The standard InChI is InChI=1S/C18H17F2NO3/c1-11(12-6-4-3-5-7-12)8-17(22)21-16-9-13(18(23)24-2)14(19)10-15(16)20/h3-7,9-11H,8H2,1-2H3,(H,21,22)/t11-/m1/s1. The summed E-state index contributed by atoms with van der Waals surface area (Å²) in [5, 5.41) is 2.37. The molecule has 0 heterocycles. The van der Waals surface area contributed by atoms with Gasteiger partial charge in [-0.2, -0.15) is 0 Å². The summed E-state index contributed by atoms with van der Waals surface area (Å²) in [6.45, 7) is 1.87. The van der Waals surface area contributed by atoms with E-state index in [1.165, 1.54) is 0 Å². The summed E-state index contributed by atoms with van der Waals surface area (Å²) in [6, 6.07) is 10.9. The average molecular weight is 333 g/mol. The first-order valence-corrected chi connectivity index (χ1v) is 7.34. The molecule has 6 heteroatoms. The number of amides is 1. The van der Waals surface area contributed by atoms with Crippen molar-refractivity contribution in [2.24, 2.45) is 0 Å². The Bertz CT molecular complexity index is 747. The van der Waals surface area contributed by atoms with Gasteiger partial charge in [0.05, 0.1) is 18.4 Å². The van der Waals surface area contributed by atoms with Crippen molar-refractivity contribution < 1.29 is 23.1 Å². The van der Waals surface area contributed by atoms with Crippen LogP contribution < -0.4 is 5.32 Å². The highest BCUT2D eigenvalue weighted by molar-refractivity contribution is 5.95. The van der Waals surface area contributed by atoms with Gasteiger partial charge in [0.15, 0.2) is 0 Å². The molecule has 0 aliphatic heterocycles. The zero-order valence-electron chi connectivity index (χ0n) is 13.3. The third kappa shape index (κ3) is 4.16. The second-order valence-corrected chi connectivity index (χ2v) is 5.37.